The van der Waals surface area contributed by atoms with Crippen molar-refractivity contribution in [3.8, 4) is 0 Å². The Morgan fingerprint density at radius 2 is 1.82 bits per heavy atom. The van der Waals surface area contributed by atoms with Gasteiger partial charge in [-0.1, -0.05) is 34.6 Å². The lowest BCUT2D eigenvalue weighted by molar-refractivity contribution is 0.340. The molecule has 0 bridgehead atoms. The minimum absolute atomic E-state index is 0.346. The summed E-state index contributed by atoms with van der Waals surface area (Å²) in [5.74, 6) is 2.73. The number of furan rings is 1. The predicted molar refractivity (Wildman–Crippen MR) is 70.9 cm³/mol. The Labute approximate surface area is 105 Å². The van der Waals surface area contributed by atoms with Crippen molar-refractivity contribution < 1.29 is 4.42 Å². The van der Waals surface area contributed by atoms with E-state index < -0.39 is 0 Å². The maximum absolute atomic E-state index is 5.82. The van der Waals surface area contributed by atoms with Gasteiger partial charge in [0, 0.05) is 0 Å². The van der Waals surface area contributed by atoms with E-state index in [1.165, 1.54) is 0 Å². The average molecular weight is 235 g/mol. The van der Waals surface area contributed by atoms with Gasteiger partial charge in [-0.15, -0.1) is 0 Å². The van der Waals surface area contributed by atoms with Crippen molar-refractivity contribution in [3.63, 3.8) is 0 Å². The molecule has 1 heterocycles. The van der Waals surface area contributed by atoms with Gasteiger partial charge in [0.1, 0.15) is 11.5 Å². The molecule has 0 spiro atoms. The molecule has 96 valence electrons. The van der Waals surface area contributed by atoms with E-state index >= 15 is 0 Å². The summed E-state index contributed by atoms with van der Waals surface area (Å²) in [5.41, 5.74) is 0.751. The van der Waals surface area contributed by atoms with Crippen molar-refractivity contribution >= 4 is 0 Å². The Kier molecular flexibility index (Phi) is 2.89. The van der Waals surface area contributed by atoms with E-state index in [0.29, 0.717) is 22.8 Å². The normalized spacial score (nSPS) is 23.6. The Morgan fingerprint density at radius 1 is 1.24 bits per heavy atom. The minimum atomic E-state index is 0.346. The molecule has 1 fully saturated rings. The summed E-state index contributed by atoms with van der Waals surface area (Å²) < 4.78 is 5.82. The van der Waals surface area contributed by atoms with Gasteiger partial charge in [-0.2, -0.15) is 0 Å². The van der Waals surface area contributed by atoms with Crippen LogP contribution in [0.25, 0.3) is 0 Å². The molecular weight excluding hydrogens is 210 g/mol. The SMILES string of the molecule is CCNC(c1ccc(C)o1)C1C(C)(C)C1(C)C. The van der Waals surface area contributed by atoms with Crippen LogP contribution >= 0.6 is 0 Å². The second kappa shape index (κ2) is 3.88. The molecule has 0 saturated heterocycles. The molecule has 2 rings (SSSR count). The van der Waals surface area contributed by atoms with Gasteiger partial charge in [0.15, 0.2) is 0 Å². The van der Waals surface area contributed by atoms with E-state index in [1.54, 1.807) is 0 Å². The molecular formula is C15H25NO. The lowest BCUT2D eigenvalue weighted by Gasteiger charge is -2.18. The fourth-order valence-electron chi connectivity index (χ4n) is 3.30. The molecule has 1 aromatic rings. The van der Waals surface area contributed by atoms with Crippen LogP contribution in [0.4, 0.5) is 0 Å². The first-order valence-electron chi connectivity index (χ1n) is 6.62. The number of aryl methyl sites for hydroxylation is 1. The Hall–Kier alpha value is -0.760. The molecule has 1 unspecified atom stereocenters. The summed E-state index contributed by atoms with van der Waals surface area (Å²) in [4.78, 5) is 0. The third kappa shape index (κ3) is 1.83. The minimum Gasteiger partial charge on any atom is -0.465 e. The Morgan fingerprint density at radius 3 is 2.18 bits per heavy atom. The molecule has 1 saturated carbocycles. The molecule has 1 aliphatic carbocycles. The molecule has 0 aliphatic heterocycles. The van der Waals surface area contributed by atoms with Gasteiger partial charge in [0.25, 0.3) is 0 Å². The van der Waals surface area contributed by atoms with E-state index in [4.69, 9.17) is 4.42 Å². The molecule has 1 aromatic heterocycles. The van der Waals surface area contributed by atoms with Crippen molar-refractivity contribution in [3.05, 3.63) is 23.7 Å². The molecule has 0 amide bonds. The van der Waals surface area contributed by atoms with Crippen LogP contribution in [0.3, 0.4) is 0 Å². The number of hydrogen-bond acceptors (Lipinski definition) is 2. The Bertz CT molecular complexity index is 389. The first-order chi connectivity index (χ1) is 7.82. The van der Waals surface area contributed by atoms with Crippen molar-refractivity contribution in [1.82, 2.24) is 5.32 Å². The zero-order chi connectivity index (χ0) is 12.8. The summed E-state index contributed by atoms with van der Waals surface area (Å²) in [6.07, 6.45) is 0. The van der Waals surface area contributed by atoms with Crippen LogP contribution in [0, 0.1) is 23.7 Å². The number of rotatable bonds is 4. The molecule has 0 radical (unpaired) electrons. The summed E-state index contributed by atoms with van der Waals surface area (Å²) in [6.45, 7) is 14.6. The van der Waals surface area contributed by atoms with Crippen LogP contribution in [-0.2, 0) is 0 Å². The fourth-order valence-corrected chi connectivity index (χ4v) is 3.30. The highest BCUT2D eigenvalue weighted by Gasteiger charge is 2.67. The van der Waals surface area contributed by atoms with Gasteiger partial charge in [0.2, 0.25) is 0 Å². The second-order valence-corrected chi connectivity index (χ2v) is 6.40. The van der Waals surface area contributed by atoms with Crippen LogP contribution < -0.4 is 5.32 Å². The highest BCUT2D eigenvalue weighted by atomic mass is 16.3. The molecule has 1 aliphatic rings. The van der Waals surface area contributed by atoms with E-state index in [1.807, 2.05) is 6.92 Å². The lowest BCUT2D eigenvalue weighted by Crippen LogP contribution is -2.24. The van der Waals surface area contributed by atoms with Gasteiger partial charge in [-0.3, -0.25) is 0 Å². The van der Waals surface area contributed by atoms with Gasteiger partial charge < -0.3 is 9.73 Å². The van der Waals surface area contributed by atoms with E-state index in [2.05, 4.69) is 52.1 Å². The van der Waals surface area contributed by atoms with E-state index in [9.17, 15) is 0 Å². The summed E-state index contributed by atoms with van der Waals surface area (Å²) >= 11 is 0. The number of hydrogen-bond donors (Lipinski definition) is 1. The highest BCUT2D eigenvalue weighted by molar-refractivity contribution is 5.22. The largest absolute Gasteiger partial charge is 0.465 e. The third-order valence-corrected chi connectivity index (χ3v) is 4.96. The highest BCUT2D eigenvalue weighted by Crippen LogP contribution is 2.72. The maximum atomic E-state index is 5.82. The lowest BCUT2D eigenvalue weighted by atomic mass is 10.0. The van der Waals surface area contributed by atoms with Gasteiger partial charge in [0.05, 0.1) is 6.04 Å². The first kappa shape index (κ1) is 12.7. The predicted octanol–water partition coefficient (Wildman–Crippen LogP) is 3.92. The van der Waals surface area contributed by atoms with Gasteiger partial charge >= 0.3 is 0 Å². The summed E-state index contributed by atoms with van der Waals surface area (Å²) in [6, 6.07) is 4.52. The molecule has 2 nitrogen and oxygen atoms in total. The van der Waals surface area contributed by atoms with Crippen LogP contribution in [-0.4, -0.2) is 6.54 Å². The quantitative estimate of drug-likeness (QED) is 0.855. The maximum Gasteiger partial charge on any atom is 0.121 e. The molecule has 1 atom stereocenters. The smallest absolute Gasteiger partial charge is 0.121 e. The first-order valence-corrected chi connectivity index (χ1v) is 6.62. The van der Waals surface area contributed by atoms with Crippen LogP contribution in [0.1, 0.15) is 52.2 Å². The molecule has 1 N–H and O–H groups in total. The molecule has 0 aromatic carbocycles. The molecule has 17 heavy (non-hydrogen) atoms. The fraction of sp³-hybridized carbons (Fsp3) is 0.733. The number of nitrogens with one attached hydrogen (secondary N) is 1. The topological polar surface area (TPSA) is 25.2 Å². The summed E-state index contributed by atoms with van der Waals surface area (Å²) in [5, 5.41) is 3.59. The average Bonchev–Trinajstić information content (AvgIpc) is 2.56. The second-order valence-electron chi connectivity index (χ2n) is 6.40. The molecule has 2 heteroatoms. The zero-order valence-electron chi connectivity index (χ0n) is 11.9. The van der Waals surface area contributed by atoms with Crippen molar-refractivity contribution in [1.29, 1.82) is 0 Å². The Balaban J connectivity index is 2.26. The summed E-state index contributed by atoms with van der Waals surface area (Å²) in [7, 11) is 0. The van der Waals surface area contributed by atoms with Crippen molar-refractivity contribution in [2.75, 3.05) is 6.54 Å². The van der Waals surface area contributed by atoms with E-state index in [0.717, 1.165) is 18.1 Å². The van der Waals surface area contributed by atoms with Gasteiger partial charge in [-0.05, 0) is 42.3 Å². The standard InChI is InChI=1S/C15H25NO/c1-7-16-12(11-9-8-10(2)17-11)13-14(3,4)15(13,5)6/h8-9,12-13,16H,7H2,1-6H3. The van der Waals surface area contributed by atoms with Crippen molar-refractivity contribution in [2.24, 2.45) is 16.7 Å². The van der Waals surface area contributed by atoms with Crippen molar-refractivity contribution in [2.45, 2.75) is 47.6 Å². The zero-order valence-corrected chi connectivity index (χ0v) is 11.9. The van der Waals surface area contributed by atoms with Crippen LogP contribution in [0.15, 0.2) is 16.5 Å². The van der Waals surface area contributed by atoms with Gasteiger partial charge in [-0.25, -0.2) is 0 Å². The monoisotopic (exact) mass is 235 g/mol. The third-order valence-electron chi connectivity index (χ3n) is 4.96. The van der Waals surface area contributed by atoms with Crippen LogP contribution in [0.5, 0.6) is 0 Å². The van der Waals surface area contributed by atoms with E-state index in [-0.39, 0.29) is 0 Å². The van der Waals surface area contributed by atoms with Crippen LogP contribution in [0.2, 0.25) is 0 Å².